The Labute approximate surface area is 140 Å². The van der Waals surface area contributed by atoms with Gasteiger partial charge < -0.3 is 9.64 Å². The van der Waals surface area contributed by atoms with Gasteiger partial charge in [0.25, 0.3) is 5.91 Å². The summed E-state index contributed by atoms with van der Waals surface area (Å²) in [5.41, 5.74) is 1.20. The average molecular weight is 334 g/mol. The van der Waals surface area contributed by atoms with Crippen molar-refractivity contribution in [3.8, 4) is 5.69 Å². The Morgan fingerprint density at radius 2 is 2.26 bits per heavy atom. The van der Waals surface area contributed by atoms with Gasteiger partial charge in [0.15, 0.2) is 5.69 Å². The average Bonchev–Trinajstić information content (AvgIpc) is 3.24. The van der Waals surface area contributed by atoms with Crippen LogP contribution in [0.25, 0.3) is 5.69 Å². The number of carbonyl (C=O) groups excluding carboxylic acids is 1. The Morgan fingerprint density at radius 3 is 2.96 bits per heavy atom. The molecule has 1 aliphatic rings. The van der Waals surface area contributed by atoms with Crippen LogP contribution in [0.2, 0.25) is 5.02 Å². The maximum atomic E-state index is 12.7. The van der Waals surface area contributed by atoms with Crippen molar-refractivity contribution in [1.82, 2.24) is 14.7 Å². The summed E-state index contributed by atoms with van der Waals surface area (Å²) in [6, 6.07) is 9.17. The van der Waals surface area contributed by atoms with Crippen LogP contribution in [0.3, 0.4) is 0 Å². The second-order valence-electron chi connectivity index (χ2n) is 5.67. The summed E-state index contributed by atoms with van der Waals surface area (Å²) >= 11 is 6.18. The molecule has 0 unspecified atom stereocenters. The molecule has 5 nitrogen and oxygen atoms in total. The maximum absolute atomic E-state index is 12.7. The lowest BCUT2D eigenvalue weighted by atomic mass is 10.1. The van der Waals surface area contributed by atoms with Crippen LogP contribution >= 0.6 is 11.6 Å². The van der Waals surface area contributed by atoms with E-state index in [4.69, 9.17) is 16.3 Å². The summed E-state index contributed by atoms with van der Waals surface area (Å²) < 4.78 is 7.03. The molecule has 0 radical (unpaired) electrons. The summed E-state index contributed by atoms with van der Waals surface area (Å²) in [6.07, 6.45) is 2.78. The van der Waals surface area contributed by atoms with E-state index in [1.165, 1.54) is 0 Å². The molecule has 0 saturated carbocycles. The zero-order valence-corrected chi connectivity index (χ0v) is 13.9. The van der Waals surface area contributed by atoms with Gasteiger partial charge in [-0.25, -0.2) is 4.68 Å². The smallest absolute Gasteiger partial charge is 0.274 e. The molecule has 1 aliphatic heterocycles. The molecule has 0 N–H and O–H groups in total. The highest BCUT2D eigenvalue weighted by Crippen LogP contribution is 2.20. The highest BCUT2D eigenvalue weighted by molar-refractivity contribution is 6.32. The van der Waals surface area contributed by atoms with Crippen molar-refractivity contribution in [1.29, 1.82) is 0 Å². The van der Waals surface area contributed by atoms with E-state index in [2.05, 4.69) is 5.10 Å². The number of hydrogen-bond acceptors (Lipinski definition) is 3. The monoisotopic (exact) mass is 333 g/mol. The molecule has 6 heteroatoms. The third kappa shape index (κ3) is 3.57. The second kappa shape index (κ2) is 7.15. The van der Waals surface area contributed by atoms with Gasteiger partial charge in [0.05, 0.1) is 17.3 Å². The Hall–Kier alpha value is -1.85. The van der Waals surface area contributed by atoms with Crippen LogP contribution in [0, 0.1) is 5.92 Å². The molecule has 0 bridgehead atoms. The number of hydrogen-bond donors (Lipinski definition) is 0. The number of para-hydroxylation sites is 1. The molecule has 2 heterocycles. The number of amides is 1. The zero-order chi connectivity index (χ0) is 16.2. The minimum absolute atomic E-state index is 0.0507. The predicted octanol–water partition coefficient (Wildman–Crippen LogP) is 3.02. The lowest BCUT2D eigenvalue weighted by Crippen LogP contribution is -2.35. The SMILES string of the molecule is CCN(C[C@@H]1CCOC1)C(=O)c1ccn(-c2ccccc2Cl)n1. The Bertz CT molecular complexity index is 680. The quantitative estimate of drug-likeness (QED) is 0.845. The maximum Gasteiger partial charge on any atom is 0.274 e. The van der Waals surface area contributed by atoms with Gasteiger partial charge in [-0.2, -0.15) is 5.10 Å². The lowest BCUT2D eigenvalue weighted by Gasteiger charge is -2.22. The third-order valence-corrected chi connectivity index (χ3v) is 4.40. The van der Waals surface area contributed by atoms with Gasteiger partial charge in [0, 0.05) is 31.8 Å². The standard InChI is InChI=1S/C17H20ClN3O2/c1-2-20(11-13-8-10-23-12-13)17(22)15-7-9-21(19-15)16-6-4-3-5-14(16)18/h3-7,9,13H,2,8,10-12H2,1H3/t13-/m0/s1. The number of nitrogens with zero attached hydrogens (tertiary/aromatic N) is 3. The summed E-state index contributed by atoms with van der Waals surface area (Å²) in [5.74, 6) is 0.370. The van der Waals surface area contributed by atoms with Crippen molar-refractivity contribution in [2.24, 2.45) is 5.92 Å². The van der Waals surface area contributed by atoms with Crippen molar-refractivity contribution in [2.45, 2.75) is 13.3 Å². The molecular weight excluding hydrogens is 314 g/mol. The summed E-state index contributed by atoms with van der Waals surface area (Å²) in [7, 11) is 0. The number of benzene rings is 1. The highest BCUT2D eigenvalue weighted by atomic mass is 35.5. The van der Waals surface area contributed by atoms with Crippen LogP contribution in [-0.2, 0) is 4.74 Å². The third-order valence-electron chi connectivity index (χ3n) is 4.08. The van der Waals surface area contributed by atoms with Crippen molar-refractivity contribution < 1.29 is 9.53 Å². The van der Waals surface area contributed by atoms with E-state index in [9.17, 15) is 4.79 Å². The second-order valence-corrected chi connectivity index (χ2v) is 6.08. The minimum atomic E-state index is -0.0507. The van der Waals surface area contributed by atoms with Crippen molar-refractivity contribution in [3.63, 3.8) is 0 Å². The first-order chi connectivity index (χ1) is 11.2. The van der Waals surface area contributed by atoms with Crippen LogP contribution in [0.5, 0.6) is 0 Å². The van der Waals surface area contributed by atoms with Crippen molar-refractivity contribution in [3.05, 3.63) is 47.2 Å². The van der Waals surface area contributed by atoms with E-state index < -0.39 is 0 Å². The van der Waals surface area contributed by atoms with Crippen LogP contribution in [0.4, 0.5) is 0 Å². The topological polar surface area (TPSA) is 47.4 Å². The molecule has 1 aromatic carbocycles. The molecule has 23 heavy (non-hydrogen) atoms. The van der Waals surface area contributed by atoms with Gasteiger partial charge in [-0.3, -0.25) is 4.79 Å². The fraction of sp³-hybridized carbons (Fsp3) is 0.412. The van der Waals surface area contributed by atoms with Gasteiger partial charge >= 0.3 is 0 Å². The molecule has 122 valence electrons. The summed E-state index contributed by atoms with van der Waals surface area (Å²) in [4.78, 5) is 14.5. The number of carbonyl (C=O) groups is 1. The molecule has 1 amide bonds. The van der Waals surface area contributed by atoms with Gasteiger partial charge in [-0.15, -0.1) is 0 Å². The van der Waals surface area contributed by atoms with E-state index in [1.54, 1.807) is 23.0 Å². The Kier molecular flexibility index (Phi) is 4.98. The van der Waals surface area contributed by atoms with Crippen LogP contribution in [0.15, 0.2) is 36.5 Å². The molecule has 1 atom stereocenters. The number of halogens is 1. The fourth-order valence-corrected chi connectivity index (χ4v) is 2.99. The van der Waals surface area contributed by atoms with Crippen LogP contribution in [0.1, 0.15) is 23.8 Å². The van der Waals surface area contributed by atoms with E-state index in [0.717, 1.165) is 25.3 Å². The molecule has 3 rings (SSSR count). The predicted molar refractivity (Wildman–Crippen MR) is 89.1 cm³/mol. The van der Waals surface area contributed by atoms with E-state index in [1.807, 2.05) is 30.0 Å². The normalized spacial score (nSPS) is 17.4. The number of aromatic nitrogens is 2. The van der Waals surface area contributed by atoms with Crippen LogP contribution < -0.4 is 0 Å². The number of ether oxygens (including phenoxy) is 1. The Morgan fingerprint density at radius 1 is 1.43 bits per heavy atom. The first kappa shape index (κ1) is 16.0. The molecule has 1 saturated heterocycles. The molecule has 0 aliphatic carbocycles. The van der Waals surface area contributed by atoms with Crippen molar-refractivity contribution >= 4 is 17.5 Å². The Balaban J connectivity index is 1.75. The largest absolute Gasteiger partial charge is 0.381 e. The van der Waals surface area contributed by atoms with Gasteiger partial charge in [0.1, 0.15) is 0 Å². The molecule has 1 fully saturated rings. The number of rotatable bonds is 5. The van der Waals surface area contributed by atoms with Crippen molar-refractivity contribution in [2.75, 3.05) is 26.3 Å². The fourth-order valence-electron chi connectivity index (χ4n) is 2.77. The summed E-state index contributed by atoms with van der Waals surface area (Å²) in [6.45, 7) is 4.89. The first-order valence-corrected chi connectivity index (χ1v) is 8.24. The first-order valence-electron chi connectivity index (χ1n) is 7.86. The highest BCUT2D eigenvalue weighted by Gasteiger charge is 2.23. The van der Waals surface area contributed by atoms with E-state index >= 15 is 0 Å². The zero-order valence-electron chi connectivity index (χ0n) is 13.1. The molecular formula is C17H20ClN3O2. The van der Waals surface area contributed by atoms with E-state index in [0.29, 0.717) is 29.7 Å². The molecule has 2 aromatic rings. The molecule has 0 spiro atoms. The van der Waals surface area contributed by atoms with Gasteiger partial charge in [-0.05, 0) is 31.5 Å². The van der Waals surface area contributed by atoms with Gasteiger partial charge in [0.2, 0.25) is 0 Å². The summed E-state index contributed by atoms with van der Waals surface area (Å²) in [5, 5.41) is 5.00. The lowest BCUT2D eigenvalue weighted by molar-refractivity contribution is 0.0724. The minimum Gasteiger partial charge on any atom is -0.381 e. The van der Waals surface area contributed by atoms with E-state index in [-0.39, 0.29) is 5.91 Å². The molecule has 1 aromatic heterocycles. The van der Waals surface area contributed by atoms with Gasteiger partial charge in [-0.1, -0.05) is 23.7 Å². The van der Waals surface area contributed by atoms with Crippen LogP contribution in [-0.4, -0.2) is 46.9 Å².